The van der Waals surface area contributed by atoms with Crippen molar-refractivity contribution in [1.82, 2.24) is 9.97 Å². The van der Waals surface area contributed by atoms with Crippen molar-refractivity contribution in [3.8, 4) is 11.5 Å². The van der Waals surface area contributed by atoms with Crippen molar-refractivity contribution in [2.45, 2.75) is 13.8 Å². The van der Waals surface area contributed by atoms with E-state index in [-0.39, 0.29) is 11.6 Å². The molecule has 0 unspecified atom stereocenters. The van der Waals surface area contributed by atoms with Gasteiger partial charge in [0, 0.05) is 0 Å². The Hall–Kier alpha value is -3.61. The van der Waals surface area contributed by atoms with Gasteiger partial charge in [0.15, 0.2) is 0 Å². The van der Waals surface area contributed by atoms with Crippen LogP contribution in [0.25, 0.3) is 0 Å². The number of benzene rings is 2. The zero-order valence-electron chi connectivity index (χ0n) is 16.0. The van der Waals surface area contributed by atoms with Crippen LogP contribution in [-0.2, 0) is 0 Å². The molecular weight excluding hydrogens is 356 g/mol. The number of nitrogens with one attached hydrogen (secondary N) is 2. The molecule has 0 fully saturated rings. The van der Waals surface area contributed by atoms with Gasteiger partial charge in [0.1, 0.15) is 23.0 Å². The Balaban J connectivity index is 1.72. The molecule has 1 amide bonds. The molecule has 1 aromatic heterocycles. The quantitative estimate of drug-likeness (QED) is 0.641. The lowest BCUT2D eigenvalue weighted by atomic mass is 10.2. The van der Waals surface area contributed by atoms with Gasteiger partial charge in [0.05, 0.1) is 37.5 Å². The normalized spacial score (nSPS) is 10.2. The highest BCUT2D eigenvalue weighted by atomic mass is 16.5. The van der Waals surface area contributed by atoms with Gasteiger partial charge in [0.2, 0.25) is 0 Å². The van der Waals surface area contributed by atoms with Crippen LogP contribution in [0, 0.1) is 6.92 Å². The third-order valence-corrected chi connectivity index (χ3v) is 3.94. The molecule has 0 aliphatic carbocycles. The van der Waals surface area contributed by atoms with Gasteiger partial charge in [-0.25, -0.2) is 9.97 Å². The van der Waals surface area contributed by atoms with E-state index < -0.39 is 0 Å². The first kappa shape index (κ1) is 19.2. The van der Waals surface area contributed by atoms with E-state index >= 15 is 0 Å². The number of rotatable bonds is 7. The number of aryl methyl sites for hydroxylation is 1. The predicted octanol–water partition coefficient (Wildman–Crippen LogP) is 4.19. The SMILES string of the molecule is CCOc1ccccc1Nc1cnc(C(=O)Nc2cc(C)ccc2OC)cn1. The number of hydrogen-bond acceptors (Lipinski definition) is 6. The molecule has 3 rings (SSSR count). The summed E-state index contributed by atoms with van der Waals surface area (Å²) < 4.78 is 10.9. The van der Waals surface area contributed by atoms with Crippen LogP contribution in [0.2, 0.25) is 0 Å². The summed E-state index contributed by atoms with van der Waals surface area (Å²) in [6.45, 7) is 4.43. The molecule has 0 saturated carbocycles. The smallest absolute Gasteiger partial charge is 0.275 e. The highest BCUT2D eigenvalue weighted by Gasteiger charge is 2.12. The lowest BCUT2D eigenvalue weighted by Crippen LogP contribution is -2.15. The number of amides is 1. The maximum Gasteiger partial charge on any atom is 0.275 e. The molecule has 7 heteroatoms. The number of nitrogens with zero attached hydrogens (tertiary/aromatic N) is 2. The van der Waals surface area contributed by atoms with E-state index in [1.807, 2.05) is 50.2 Å². The largest absolute Gasteiger partial charge is 0.495 e. The summed E-state index contributed by atoms with van der Waals surface area (Å²) in [7, 11) is 1.56. The van der Waals surface area contributed by atoms with Crippen molar-refractivity contribution in [3.05, 3.63) is 66.1 Å². The summed E-state index contributed by atoms with van der Waals surface area (Å²) >= 11 is 0. The zero-order chi connectivity index (χ0) is 19.9. The van der Waals surface area contributed by atoms with E-state index in [0.29, 0.717) is 23.9 Å². The fourth-order valence-corrected chi connectivity index (χ4v) is 2.60. The minimum Gasteiger partial charge on any atom is -0.495 e. The molecule has 0 radical (unpaired) electrons. The van der Waals surface area contributed by atoms with Gasteiger partial charge in [-0.2, -0.15) is 0 Å². The number of methoxy groups -OCH3 is 1. The first-order chi connectivity index (χ1) is 13.6. The van der Waals surface area contributed by atoms with Crippen LogP contribution < -0.4 is 20.1 Å². The molecule has 2 aromatic carbocycles. The van der Waals surface area contributed by atoms with Gasteiger partial charge >= 0.3 is 0 Å². The number of para-hydroxylation sites is 2. The Kier molecular flexibility index (Phi) is 6.06. The van der Waals surface area contributed by atoms with Crippen LogP contribution in [0.1, 0.15) is 23.0 Å². The molecule has 1 heterocycles. The zero-order valence-corrected chi connectivity index (χ0v) is 16.0. The molecule has 0 bridgehead atoms. The van der Waals surface area contributed by atoms with E-state index in [1.54, 1.807) is 13.2 Å². The molecule has 0 atom stereocenters. The van der Waals surface area contributed by atoms with Crippen molar-refractivity contribution in [3.63, 3.8) is 0 Å². The standard InChI is InChI=1S/C21H22N4O3/c1-4-28-19-8-6-5-7-15(19)24-20-13-22-17(12-23-20)21(26)25-16-11-14(2)9-10-18(16)27-3/h5-13H,4H2,1-3H3,(H,23,24)(H,25,26). The van der Waals surface area contributed by atoms with Crippen molar-refractivity contribution in [2.75, 3.05) is 24.4 Å². The molecule has 0 saturated heterocycles. The van der Waals surface area contributed by atoms with Crippen LogP contribution in [-0.4, -0.2) is 29.6 Å². The van der Waals surface area contributed by atoms with E-state index in [1.165, 1.54) is 12.4 Å². The minimum absolute atomic E-state index is 0.201. The van der Waals surface area contributed by atoms with E-state index in [2.05, 4.69) is 20.6 Å². The van der Waals surface area contributed by atoms with Gasteiger partial charge in [-0.05, 0) is 43.7 Å². The Morgan fingerprint density at radius 1 is 1.04 bits per heavy atom. The molecule has 7 nitrogen and oxygen atoms in total. The van der Waals surface area contributed by atoms with Gasteiger partial charge in [-0.15, -0.1) is 0 Å². The summed E-state index contributed by atoms with van der Waals surface area (Å²) in [5, 5.41) is 5.96. The second kappa shape index (κ2) is 8.85. The van der Waals surface area contributed by atoms with Crippen molar-refractivity contribution in [2.24, 2.45) is 0 Å². The lowest BCUT2D eigenvalue weighted by molar-refractivity contribution is 0.102. The van der Waals surface area contributed by atoms with Gasteiger partial charge in [0.25, 0.3) is 5.91 Å². The summed E-state index contributed by atoms with van der Waals surface area (Å²) in [6.07, 6.45) is 2.92. The third-order valence-electron chi connectivity index (χ3n) is 3.94. The maximum absolute atomic E-state index is 12.5. The monoisotopic (exact) mass is 378 g/mol. The van der Waals surface area contributed by atoms with Crippen molar-refractivity contribution < 1.29 is 14.3 Å². The van der Waals surface area contributed by atoms with Crippen LogP contribution in [0.15, 0.2) is 54.9 Å². The highest BCUT2D eigenvalue weighted by molar-refractivity contribution is 6.03. The number of hydrogen-bond donors (Lipinski definition) is 2. The number of carbonyl (C=O) groups excluding carboxylic acids is 1. The lowest BCUT2D eigenvalue weighted by Gasteiger charge is -2.12. The number of carbonyl (C=O) groups is 1. The van der Waals surface area contributed by atoms with E-state index in [0.717, 1.165) is 17.0 Å². The Morgan fingerprint density at radius 3 is 2.57 bits per heavy atom. The predicted molar refractivity (Wildman–Crippen MR) is 109 cm³/mol. The Bertz CT molecular complexity index is 958. The summed E-state index contributed by atoms with van der Waals surface area (Å²) in [5.74, 6) is 1.45. The number of anilines is 3. The van der Waals surface area contributed by atoms with Gasteiger partial charge < -0.3 is 20.1 Å². The van der Waals surface area contributed by atoms with Crippen LogP contribution in [0.5, 0.6) is 11.5 Å². The van der Waals surface area contributed by atoms with Gasteiger partial charge in [-0.3, -0.25) is 4.79 Å². The Labute approximate surface area is 163 Å². The highest BCUT2D eigenvalue weighted by Crippen LogP contribution is 2.27. The van der Waals surface area contributed by atoms with Crippen LogP contribution >= 0.6 is 0 Å². The molecule has 0 aliphatic heterocycles. The average Bonchev–Trinajstić information content (AvgIpc) is 2.70. The minimum atomic E-state index is -0.363. The molecule has 144 valence electrons. The van der Waals surface area contributed by atoms with Crippen LogP contribution in [0.4, 0.5) is 17.2 Å². The topological polar surface area (TPSA) is 85.4 Å². The van der Waals surface area contributed by atoms with E-state index in [9.17, 15) is 4.79 Å². The summed E-state index contributed by atoms with van der Waals surface area (Å²) in [4.78, 5) is 21.0. The maximum atomic E-state index is 12.5. The van der Waals surface area contributed by atoms with Crippen molar-refractivity contribution in [1.29, 1.82) is 0 Å². The molecule has 28 heavy (non-hydrogen) atoms. The average molecular weight is 378 g/mol. The summed E-state index contributed by atoms with van der Waals surface area (Å²) in [6, 6.07) is 13.1. The third kappa shape index (κ3) is 4.56. The molecule has 0 aliphatic rings. The second-order valence-corrected chi connectivity index (χ2v) is 6.00. The first-order valence-electron chi connectivity index (χ1n) is 8.87. The summed E-state index contributed by atoms with van der Waals surface area (Å²) in [5.41, 5.74) is 2.57. The molecule has 0 spiro atoms. The first-order valence-corrected chi connectivity index (χ1v) is 8.87. The number of ether oxygens (including phenoxy) is 2. The van der Waals surface area contributed by atoms with Crippen molar-refractivity contribution >= 4 is 23.1 Å². The Morgan fingerprint density at radius 2 is 1.86 bits per heavy atom. The fraction of sp³-hybridized carbons (Fsp3) is 0.190. The molecular formula is C21H22N4O3. The van der Waals surface area contributed by atoms with Gasteiger partial charge in [-0.1, -0.05) is 18.2 Å². The number of aromatic nitrogens is 2. The molecule has 3 aromatic rings. The van der Waals surface area contributed by atoms with E-state index in [4.69, 9.17) is 9.47 Å². The fourth-order valence-electron chi connectivity index (χ4n) is 2.60. The van der Waals surface area contributed by atoms with Crippen LogP contribution in [0.3, 0.4) is 0 Å². The molecule has 2 N–H and O–H groups in total. The second-order valence-electron chi connectivity index (χ2n) is 6.00.